The fraction of sp³-hybridized carbons (Fsp3) is 0.400. The van der Waals surface area contributed by atoms with E-state index < -0.39 is 6.09 Å². The van der Waals surface area contributed by atoms with Gasteiger partial charge in [-0.25, -0.2) is 9.18 Å². The van der Waals surface area contributed by atoms with Crippen LogP contribution in [0.3, 0.4) is 0 Å². The molecule has 0 bridgehead atoms. The van der Waals surface area contributed by atoms with E-state index in [0.717, 1.165) is 0 Å². The second kappa shape index (κ2) is 5.22. The molecular formula is C5H7BrFNO2. The smallest absolute Gasteiger partial charge is 0.404 e. The van der Waals surface area contributed by atoms with Gasteiger partial charge in [-0.05, 0) is 0 Å². The van der Waals surface area contributed by atoms with Crippen LogP contribution in [0.25, 0.3) is 0 Å². The van der Waals surface area contributed by atoms with Crippen LogP contribution in [0, 0.1) is 0 Å². The Hall–Kier alpha value is -0.580. The highest BCUT2D eigenvalue weighted by Gasteiger charge is 1.97. The number of rotatable bonds is 3. The maximum atomic E-state index is 11.7. The minimum Gasteiger partial charge on any atom is -0.445 e. The molecular weight excluding hydrogens is 205 g/mol. The summed E-state index contributed by atoms with van der Waals surface area (Å²) in [5.74, 6) is 0. The first-order valence-corrected chi connectivity index (χ1v) is 3.59. The van der Waals surface area contributed by atoms with Gasteiger partial charge in [0.25, 0.3) is 0 Å². The average Bonchev–Trinajstić information content (AvgIpc) is 1.90. The third kappa shape index (κ3) is 4.31. The van der Waals surface area contributed by atoms with Gasteiger partial charge < -0.3 is 10.5 Å². The Balaban J connectivity index is 3.56. The van der Waals surface area contributed by atoms with Gasteiger partial charge in [-0.2, -0.15) is 0 Å². The molecule has 5 heteroatoms. The highest BCUT2D eigenvalue weighted by atomic mass is 79.9. The summed E-state index contributed by atoms with van der Waals surface area (Å²) in [7, 11) is 0. The number of nitrogens with two attached hydrogens (primary N) is 1. The molecule has 10 heavy (non-hydrogen) atoms. The number of ether oxygens (including phenoxy) is 1. The molecule has 0 aromatic heterocycles. The highest BCUT2D eigenvalue weighted by Crippen LogP contribution is 2.00. The van der Waals surface area contributed by atoms with E-state index in [9.17, 15) is 9.18 Å². The summed E-state index contributed by atoms with van der Waals surface area (Å²) in [4.78, 5) is 9.97. The van der Waals surface area contributed by atoms with Gasteiger partial charge >= 0.3 is 6.09 Å². The van der Waals surface area contributed by atoms with Gasteiger partial charge in [-0.15, -0.1) is 0 Å². The lowest BCUT2D eigenvalue weighted by Crippen LogP contribution is -2.14. The fourth-order valence-corrected chi connectivity index (χ4v) is 0.547. The molecule has 0 aliphatic heterocycles. The highest BCUT2D eigenvalue weighted by molar-refractivity contribution is 9.09. The molecule has 1 amide bonds. The van der Waals surface area contributed by atoms with Crippen LogP contribution in [0.5, 0.6) is 0 Å². The van der Waals surface area contributed by atoms with Crippen LogP contribution in [-0.2, 0) is 4.74 Å². The molecule has 0 aromatic carbocycles. The molecule has 0 aliphatic carbocycles. The molecule has 0 rings (SSSR count). The molecule has 2 N–H and O–H groups in total. The number of amides is 1. The largest absolute Gasteiger partial charge is 0.445 e. The van der Waals surface area contributed by atoms with Gasteiger partial charge in [0.1, 0.15) is 6.61 Å². The molecule has 0 atom stereocenters. The Kier molecular flexibility index (Phi) is 4.92. The molecule has 0 saturated carbocycles. The predicted octanol–water partition coefficient (Wildman–Crippen LogP) is 1.33. The zero-order chi connectivity index (χ0) is 7.98. The molecule has 0 saturated heterocycles. The monoisotopic (exact) mass is 211 g/mol. The van der Waals surface area contributed by atoms with Gasteiger partial charge in [0, 0.05) is 10.9 Å². The molecule has 58 valence electrons. The number of hydrogen-bond donors (Lipinski definition) is 1. The van der Waals surface area contributed by atoms with E-state index in [1.54, 1.807) is 0 Å². The van der Waals surface area contributed by atoms with E-state index in [4.69, 9.17) is 0 Å². The maximum Gasteiger partial charge on any atom is 0.404 e. The standard InChI is InChI=1S/C5H7BrFNO2/c6-1-4(2-7)3-10-5(8)9/h2H,1,3H2,(H2,8,9)/b4-2-. The Morgan fingerprint density at radius 3 is 2.70 bits per heavy atom. The van der Waals surface area contributed by atoms with Gasteiger partial charge in [0.15, 0.2) is 0 Å². The fourth-order valence-electron chi connectivity index (χ4n) is 0.263. The number of primary amides is 1. The predicted molar refractivity (Wildman–Crippen MR) is 38.5 cm³/mol. The summed E-state index contributed by atoms with van der Waals surface area (Å²) in [6, 6.07) is 0. The third-order valence-electron chi connectivity index (χ3n) is 0.726. The summed E-state index contributed by atoms with van der Waals surface area (Å²) in [5.41, 5.74) is 4.96. The van der Waals surface area contributed by atoms with Crippen LogP contribution in [-0.4, -0.2) is 18.0 Å². The number of alkyl halides is 1. The minimum atomic E-state index is -0.902. The van der Waals surface area contributed by atoms with Crippen molar-refractivity contribution in [3.05, 3.63) is 11.9 Å². The number of hydrogen-bond acceptors (Lipinski definition) is 2. The Labute approximate surface area is 66.2 Å². The molecule has 3 nitrogen and oxygen atoms in total. The molecule has 0 unspecified atom stereocenters. The lowest BCUT2D eigenvalue weighted by molar-refractivity contribution is 0.166. The third-order valence-corrected chi connectivity index (χ3v) is 1.45. The lowest BCUT2D eigenvalue weighted by atomic mass is 10.4. The van der Waals surface area contributed by atoms with Crippen molar-refractivity contribution in [3.8, 4) is 0 Å². The number of carbonyl (C=O) groups is 1. The number of carbonyl (C=O) groups excluding carboxylic acids is 1. The van der Waals surface area contributed by atoms with Gasteiger partial charge in [0.2, 0.25) is 0 Å². The summed E-state index contributed by atoms with van der Waals surface area (Å²) in [6.45, 7) is -0.100. The molecule has 0 aromatic rings. The van der Waals surface area contributed by atoms with Crippen molar-refractivity contribution >= 4 is 22.0 Å². The topological polar surface area (TPSA) is 52.3 Å². The van der Waals surface area contributed by atoms with Gasteiger partial charge in [-0.3, -0.25) is 0 Å². The second-order valence-electron chi connectivity index (χ2n) is 1.51. The first-order valence-electron chi connectivity index (χ1n) is 2.47. The van der Waals surface area contributed by atoms with Crippen LogP contribution < -0.4 is 5.73 Å². The zero-order valence-corrected chi connectivity index (χ0v) is 6.73. The van der Waals surface area contributed by atoms with Crippen molar-refractivity contribution in [3.63, 3.8) is 0 Å². The van der Waals surface area contributed by atoms with Crippen molar-refractivity contribution < 1.29 is 13.9 Å². The van der Waals surface area contributed by atoms with Crippen LogP contribution in [0.4, 0.5) is 9.18 Å². The van der Waals surface area contributed by atoms with Gasteiger partial charge in [0.05, 0.1) is 6.33 Å². The van der Waals surface area contributed by atoms with E-state index in [-0.39, 0.29) is 6.61 Å². The molecule has 0 fully saturated rings. The zero-order valence-electron chi connectivity index (χ0n) is 5.14. The van der Waals surface area contributed by atoms with Crippen molar-refractivity contribution in [2.24, 2.45) is 5.73 Å². The first-order chi connectivity index (χ1) is 4.70. The molecule has 0 radical (unpaired) electrons. The van der Waals surface area contributed by atoms with Crippen molar-refractivity contribution in [2.75, 3.05) is 11.9 Å². The molecule has 0 aliphatic rings. The Morgan fingerprint density at radius 1 is 1.80 bits per heavy atom. The average molecular weight is 212 g/mol. The van der Waals surface area contributed by atoms with Crippen LogP contribution in [0.2, 0.25) is 0 Å². The van der Waals surface area contributed by atoms with Gasteiger partial charge in [-0.1, -0.05) is 15.9 Å². The van der Waals surface area contributed by atoms with Crippen LogP contribution in [0.1, 0.15) is 0 Å². The number of halogens is 2. The first kappa shape index (κ1) is 9.42. The van der Waals surface area contributed by atoms with Crippen molar-refractivity contribution in [2.45, 2.75) is 0 Å². The normalized spacial score (nSPS) is 11.2. The molecule has 0 spiro atoms. The van der Waals surface area contributed by atoms with Crippen LogP contribution in [0.15, 0.2) is 11.9 Å². The molecule has 0 heterocycles. The van der Waals surface area contributed by atoms with Crippen LogP contribution >= 0.6 is 15.9 Å². The van der Waals surface area contributed by atoms with E-state index in [1.165, 1.54) is 0 Å². The van der Waals surface area contributed by atoms with E-state index in [0.29, 0.717) is 17.2 Å². The van der Waals surface area contributed by atoms with Crippen molar-refractivity contribution in [1.29, 1.82) is 0 Å². The quantitative estimate of drug-likeness (QED) is 0.717. The van der Waals surface area contributed by atoms with Crippen molar-refractivity contribution in [1.82, 2.24) is 0 Å². The van der Waals surface area contributed by atoms with E-state index in [1.807, 2.05) is 0 Å². The Morgan fingerprint density at radius 2 is 2.40 bits per heavy atom. The maximum absolute atomic E-state index is 11.7. The summed E-state index contributed by atoms with van der Waals surface area (Å²) in [6.07, 6.45) is -0.530. The Bertz CT molecular complexity index is 149. The summed E-state index contributed by atoms with van der Waals surface area (Å²) in [5, 5.41) is 0.330. The minimum absolute atomic E-state index is 0.100. The lowest BCUT2D eigenvalue weighted by Gasteiger charge is -1.99. The SMILES string of the molecule is NC(=O)OC/C(=C\F)CBr. The second-order valence-corrected chi connectivity index (χ2v) is 2.07. The summed E-state index contributed by atoms with van der Waals surface area (Å²) >= 11 is 2.99. The van der Waals surface area contributed by atoms with E-state index >= 15 is 0 Å². The summed E-state index contributed by atoms with van der Waals surface area (Å²) < 4.78 is 16.0. The van der Waals surface area contributed by atoms with E-state index in [2.05, 4.69) is 26.4 Å².